The zero-order chi connectivity index (χ0) is 20.6. The van der Waals surface area contributed by atoms with Gasteiger partial charge in [0, 0.05) is 23.7 Å². The molecule has 0 bridgehead atoms. The Hall–Kier alpha value is -2.18. The fourth-order valence-corrected chi connectivity index (χ4v) is 4.57. The van der Waals surface area contributed by atoms with Gasteiger partial charge in [-0.3, -0.25) is 9.69 Å². The summed E-state index contributed by atoms with van der Waals surface area (Å²) in [5.41, 5.74) is 1.06. The van der Waals surface area contributed by atoms with Crippen LogP contribution in [-0.2, 0) is 11.3 Å². The van der Waals surface area contributed by atoms with Gasteiger partial charge in [-0.05, 0) is 62.0 Å². The number of piperidine rings is 1. The number of carbonyl (C=O) groups is 1. The second kappa shape index (κ2) is 7.92. The minimum absolute atomic E-state index is 0.0101. The third-order valence-corrected chi connectivity index (χ3v) is 6.50. The summed E-state index contributed by atoms with van der Waals surface area (Å²) in [5.74, 6) is -1.02. The number of hydrogen-bond acceptors (Lipinski definition) is 3. The molecule has 29 heavy (non-hydrogen) atoms. The molecule has 4 rings (SSSR count). The Morgan fingerprint density at radius 2 is 2.03 bits per heavy atom. The molecule has 7 heteroatoms. The molecule has 0 radical (unpaired) electrons. The Bertz CT molecular complexity index is 929. The number of nitrogens with zero attached hydrogens (tertiary/aromatic N) is 1. The van der Waals surface area contributed by atoms with Crippen molar-refractivity contribution in [3.05, 3.63) is 58.6 Å². The van der Waals surface area contributed by atoms with E-state index in [0.29, 0.717) is 28.6 Å². The molecule has 1 amide bonds. The molecule has 1 unspecified atom stereocenters. The average Bonchev–Trinajstić information content (AvgIpc) is 3.41. The molecule has 1 saturated carbocycles. The van der Waals surface area contributed by atoms with Crippen LogP contribution >= 0.6 is 11.6 Å². The maximum atomic E-state index is 13.9. The van der Waals surface area contributed by atoms with Crippen molar-refractivity contribution in [2.24, 2.45) is 11.3 Å². The number of amides is 1. The molecule has 1 spiro atoms. The molecule has 1 saturated heterocycles. The van der Waals surface area contributed by atoms with Gasteiger partial charge in [-0.15, -0.1) is 0 Å². The summed E-state index contributed by atoms with van der Waals surface area (Å²) < 4.78 is 32.4. The average molecular weight is 421 g/mol. The Morgan fingerprint density at radius 3 is 2.72 bits per heavy atom. The van der Waals surface area contributed by atoms with Gasteiger partial charge >= 0.3 is 0 Å². The van der Waals surface area contributed by atoms with E-state index in [2.05, 4.69) is 10.2 Å². The van der Waals surface area contributed by atoms with Gasteiger partial charge < -0.3 is 10.1 Å². The molecule has 1 atom stereocenters. The normalized spacial score (nSPS) is 20.5. The van der Waals surface area contributed by atoms with Crippen LogP contribution in [0.2, 0.25) is 5.02 Å². The van der Waals surface area contributed by atoms with Crippen LogP contribution in [0, 0.1) is 23.0 Å². The summed E-state index contributed by atoms with van der Waals surface area (Å²) in [5, 5.41) is 3.40. The topological polar surface area (TPSA) is 41.6 Å². The number of benzene rings is 2. The Kier molecular flexibility index (Phi) is 5.49. The van der Waals surface area contributed by atoms with Gasteiger partial charge in [-0.2, -0.15) is 0 Å². The predicted molar refractivity (Wildman–Crippen MR) is 108 cm³/mol. The molecule has 2 aliphatic rings. The van der Waals surface area contributed by atoms with Crippen LogP contribution in [0.3, 0.4) is 0 Å². The number of carbonyl (C=O) groups excluding carboxylic acids is 1. The van der Waals surface area contributed by atoms with E-state index < -0.39 is 11.6 Å². The molecular formula is C22H23ClF2N2O2. The Labute approximate surface area is 173 Å². The Morgan fingerprint density at radius 1 is 1.28 bits per heavy atom. The van der Waals surface area contributed by atoms with E-state index in [-0.39, 0.29) is 17.2 Å². The summed E-state index contributed by atoms with van der Waals surface area (Å²) >= 11 is 6.12. The second-order valence-electron chi connectivity index (χ2n) is 7.95. The number of ether oxygens (including phenoxy) is 1. The quantitative estimate of drug-likeness (QED) is 0.750. The molecule has 0 aromatic heterocycles. The van der Waals surface area contributed by atoms with Crippen LogP contribution < -0.4 is 10.1 Å². The first-order chi connectivity index (χ1) is 13.9. The number of rotatable bonds is 5. The van der Waals surface area contributed by atoms with Crippen molar-refractivity contribution in [2.45, 2.75) is 25.8 Å². The molecule has 2 aromatic rings. The highest BCUT2D eigenvalue weighted by atomic mass is 35.5. The molecule has 4 nitrogen and oxygen atoms in total. The molecule has 1 aliphatic heterocycles. The number of methoxy groups -OCH3 is 1. The van der Waals surface area contributed by atoms with Gasteiger partial charge in [0.1, 0.15) is 5.75 Å². The number of halogens is 3. The molecule has 1 aliphatic carbocycles. The molecule has 2 fully saturated rings. The molecule has 2 aromatic carbocycles. The second-order valence-corrected chi connectivity index (χ2v) is 8.35. The molecule has 1 heterocycles. The first-order valence-corrected chi connectivity index (χ1v) is 10.1. The lowest BCUT2D eigenvalue weighted by molar-refractivity contribution is -0.118. The SMILES string of the molecule is COc1ccc(NC(=O)C2CC23CCN(Cc2cccc(F)c2F)CC3)cc1Cl. The fourth-order valence-electron chi connectivity index (χ4n) is 4.31. The van der Waals surface area contributed by atoms with Crippen LogP contribution in [-0.4, -0.2) is 31.0 Å². The van der Waals surface area contributed by atoms with Crippen molar-refractivity contribution in [3.63, 3.8) is 0 Å². The fraction of sp³-hybridized carbons (Fsp3) is 0.409. The number of likely N-dealkylation sites (tertiary alicyclic amines) is 1. The van der Waals surface area contributed by atoms with E-state index in [9.17, 15) is 13.6 Å². The van der Waals surface area contributed by atoms with E-state index in [1.54, 1.807) is 31.4 Å². The van der Waals surface area contributed by atoms with E-state index in [1.165, 1.54) is 6.07 Å². The zero-order valence-corrected chi connectivity index (χ0v) is 16.9. The van der Waals surface area contributed by atoms with Crippen LogP contribution in [0.1, 0.15) is 24.8 Å². The molecular weight excluding hydrogens is 398 g/mol. The number of hydrogen-bond donors (Lipinski definition) is 1. The van der Waals surface area contributed by atoms with Crippen LogP contribution in [0.25, 0.3) is 0 Å². The van der Waals surface area contributed by atoms with Crippen molar-refractivity contribution in [2.75, 3.05) is 25.5 Å². The van der Waals surface area contributed by atoms with Gasteiger partial charge in [0.2, 0.25) is 5.91 Å². The third kappa shape index (κ3) is 4.09. The lowest BCUT2D eigenvalue weighted by Gasteiger charge is -2.32. The predicted octanol–water partition coefficient (Wildman–Crippen LogP) is 4.87. The third-order valence-electron chi connectivity index (χ3n) is 6.20. The summed E-state index contributed by atoms with van der Waals surface area (Å²) in [7, 11) is 1.54. The number of anilines is 1. The van der Waals surface area contributed by atoms with Crippen molar-refractivity contribution in [1.82, 2.24) is 4.90 Å². The maximum absolute atomic E-state index is 13.9. The van der Waals surface area contributed by atoms with E-state index in [0.717, 1.165) is 38.4 Å². The molecule has 1 N–H and O–H groups in total. The maximum Gasteiger partial charge on any atom is 0.228 e. The lowest BCUT2D eigenvalue weighted by atomic mass is 9.90. The first kappa shape index (κ1) is 20.1. The van der Waals surface area contributed by atoms with Crippen molar-refractivity contribution >= 4 is 23.2 Å². The van der Waals surface area contributed by atoms with Gasteiger partial charge in [0.25, 0.3) is 0 Å². The zero-order valence-electron chi connectivity index (χ0n) is 16.2. The van der Waals surface area contributed by atoms with Crippen molar-refractivity contribution in [3.8, 4) is 5.75 Å². The Balaban J connectivity index is 1.31. The summed E-state index contributed by atoms with van der Waals surface area (Å²) in [6.07, 6.45) is 2.63. The lowest BCUT2D eigenvalue weighted by Crippen LogP contribution is -2.36. The molecule has 154 valence electrons. The highest BCUT2D eigenvalue weighted by molar-refractivity contribution is 6.32. The van der Waals surface area contributed by atoms with Gasteiger partial charge in [0.05, 0.1) is 12.1 Å². The highest BCUT2D eigenvalue weighted by Gasteiger charge is 2.58. The van der Waals surface area contributed by atoms with Gasteiger partial charge in [-0.1, -0.05) is 23.7 Å². The summed E-state index contributed by atoms with van der Waals surface area (Å²) in [4.78, 5) is 14.8. The smallest absolute Gasteiger partial charge is 0.228 e. The van der Waals surface area contributed by atoms with E-state index in [4.69, 9.17) is 16.3 Å². The van der Waals surface area contributed by atoms with Gasteiger partial charge in [-0.25, -0.2) is 8.78 Å². The summed E-state index contributed by atoms with van der Waals surface area (Å²) in [6.45, 7) is 1.93. The van der Waals surface area contributed by atoms with Crippen molar-refractivity contribution < 1.29 is 18.3 Å². The minimum Gasteiger partial charge on any atom is -0.495 e. The van der Waals surface area contributed by atoms with Crippen LogP contribution in [0.15, 0.2) is 36.4 Å². The summed E-state index contributed by atoms with van der Waals surface area (Å²) in [6, 6.07) is 9.47. The largest absolute Gasteiger partial charge is 0.495 e. The monoisotopic (exact) mass is 420 g/mol. The van der Waals surface area contributed by atoms with Crippen LogP contribution in [0.5, 0.6) is 5.75 Å². The van der Waals surface area contributed by atoms with Crippen LogP contribution in [0.4, 0.5) is 14.5 Å². The van der Waals surface area contributed by atoms with E-state index in [1.807, 2.05) is 0 Å². The number of nitrogens with one attached hydrogen (secondary N) is 1. The minimum atomic E-state index is -0.812. The first-order valence-electron chi connectivity index (χ1n) is 9.71. The standard InChI is InChI=1S/C22H23ClF2N2O2/c1-29-19-6-5-15(11-17(19)23)26-21(28)16-12-22(16)7-9-27(10-8-22)13-14-3-2-4-18(24)20(14)25/h2-6,11,16H,7-10,12-13H2,1H3,(H,26,28). The van der Waals surface area contributed by atoms with Crippen molar-refractivity contribution in [1.29, 1.82) is 0 Å². The van der Waals surface area contributed by atoms with Gasteiger partial charge in [0.15, 0.2) is 11.6 Å². The highest BCUT2D eigenvalue weighted by Crippen LogP contribution is 2.59. The van der Waals surface area contributed by atoms with E-state index >= 15 is 0 Å².